The minimum absolute atomic E-state index is 0.327. The molecule has 0 aliphatic carbocycles. The lowest BCUT2D eigenvalue weighted by Gasteiger charge is -2.31. The van der Waals surface area contributed by atoms with E-state index in [0.29, 0.717) is 6.54 Å². The highest BCUT2D eigenvalue weighted by atomic mass is 19.1. The van der Waals surface area contributed by atoms with E-state index in [1.807, 2.05) is 6.07 Å². The average Bonchev–Trinajstić information content (AvgIpc) is 2.67. The maximum atomic E-state index is 13.4. The van der Waals surface area contributed by atoms with Crippen LogP contribution in [0.2, 0.25) is 0 Å². The van der Waals surface area contributed by atoms with Gasteiger partial charge >= 0.3 is 0 Å². The van der Waals surface area contributed by atoms with Crippen LogP contribution in [0.25, 0.3) is 6.08 Å². The third-order valence-corrected chi connectivity index (χ3v) is 4.55. The first-order valence-electron chi connectivity index (χ1n) is 8.83. The first kappa shape index (κ1) is 18.0. The van der Waals surface area contributed by atoms with Gasteiger partial charge in [-0.1, -0.05) is 48.0 Å². The summed E-state index contributed by atoms with van der Waals surface area (Å²) in [4.78, 5) is 6.57. The summed E-state index contributed by atoms with van der Waals surface area (Å²) in [5.74, 6) is -0.114. The Bertz CT molecular complexity index is 792. The maximum absolute atomic E-state index is 13.4. The molecule has 2 N–H and O–H groups in total. The molecule has 3 rings (SSSR count). The van der Waals surface area contributed by atoms with Gasteiger partial charge in [-0.05, 0) is 36.1 Å². The number of guanidine groups is 1. The molecular weight excluding hydrogens is 329 g/mol. The number of likely N-dealkylation sites (tertiary alicyclic amines) is 1. The zero-order chi connectivity index (χ0) is 18.4. The van der Waals surface area contributed by atoms with Crippen molar-refractivity contribution in [3.05, 3.63) is 71.0 Å². The molecule has 0 spiro atoms. The Hall–Kier alpha value is -2.82. The third kappa shape index (κ3) is 4.63. The molecule has 1 heterocycles. The molecule has 1 aliphatic rings. The van der Waals surface area contributed by atoms with Crippen LogP contribution in [0.15, 0.2) is 59.1 Å². The number of hydrogen-bond donors (Lipinski definition) is 2. The topological polar surface area (TPSA) is 47.9 Å². The lowest BCUT2D eigenvalue weighted by Crippen LogP contribution is -2.44. The number of aromatic hydroxyl groups is 1. The van der Waals surface area contributed by atoms with Crippen molar-refractivity contribution < 1.29 is 9.50 Å². The van der Waals surface area contributed by atoms with Gasteiger partial charge < -0.3 is 15.3 Å². The van der Waals surface area contributed by atoms with Crippen molar-refractivity contribution in [2.45, 2.75) is 19.4 Å². The van der Waals surface area contributed by atoms with Gasteiger partial charge in [0, 0.05) is 26.7 Å². The number of aliphatic imine (C=N–C) groups is 1. The quantitative estimate of drug-likeness (QED) is 0.652. The second-order valence-electron chi connectivity index (χ2n) is 6.39. The van der Waals surface area contributed by atoms with E-state index in [9.17, 15) is 9.50 Å². The second-order valence-corrected chi connectivity index (χ2v) is 6.39. The summed E-state index contributed by atoms with van der Waals surface area (Å²) >= 11 is 0. The molecule has 2 aromatic rings. The summed E-state index contributed by atoms with van der Waals surface area (Å²) in [6.07, 6.45) is 4.28. The number of halogens is 1. The largest absolute Gasteiger partial charge is 0.505 e. The van der Waals surface area contributed by atoms with E-state index < -0.39 is 5.82 Å². The van der Waals surface area contributed by atoms with Crippen molar-refractivity contribution in [1.82, 2.24) is 10.2 Å². The van der Waals surface area contributed by atoms with Crippen molar-refractivity contribution in [3.63, 3.8) is 0 Å². The lowest BCUT2D eigenvalue weighted by molar-refractivity contribution is 0.375. The summed E-state index contributed by atoms with van der Waals surface area (Å²) in [7, 11) is 1.76. The number of nitrogens with zero attached hydrogens (tertiary/aromatic N) is 2. The van der Waals surface area contributed by atoms with Gasteiger partial charge in [-0.25, -0.2) is 4.39 Å². The van der Waals surface area contributed by atoms with E-state index in [2.05, 4.69) is 45.6 Å². The van der Waals surface area contributed by atoms with Crippen LogP contribution in [0.3, 0.4) is 0 Å². The predicted molar refractivity (Wildman–Crippen MR) is 103 cm³/mol. The molecule has 4 nitrogen and oxygen atoms in total. The molecule has 1 aliphatic heterocycles. The Kier molecular flexibility index (Phi) is 5.89. The van der Waals surface area contributed by atoms with E-state index in [-0.39, 0.29) is 5.75 Å². The maximum Gasteiger partial charge on any atom is 0.193 e. The monoisotopic (exact) mass is 353 g/mol. The highest BCUT2D eigenvalue weighted by molar-refractivity contribution is 5.80. The van der Waals surface area contributed by atoms with E-state index >= 15 is 0 Å². The van der Waals surface area contributed by atoms with E-state index in [1.165, 1.54) is 23.3 Å². The van der Waals surface area contributed by atoms with Crippen molar-refractivity contribution in [1.29, 1.82) is 0 Å². The molecule has 1 saturated heterocycles. The predicted octanol–water partition coefficient (Wildman–Crippen LogP) is 3.79. The van der Waals surface area contributed by atoms with Crippen LogP contribution in [0.4, 0.5) is 4.39 Å². The fourth-order valence-electron chi connectivity index (χ4n) is 3.11. The van der Waals surface area contributed by atoms with Gasteiger partial charge in [-0.3, -0.25) is 4.99 Å². The smallest absolute Gasteiger partial charge is 0.193 e. The molecule has 0 bridgehead atoms. The van der Waals surface area contributed by atoms with Crippen molar-refractivity contribution in [2.24, 2.45) is 4.99 Å². The summed E-state index contributed by atoms with van der Waals surface area (Å²) in [5, 5.41) is 12.5. The van der Waals surface area contributed by atoms with Gasteiger partial charge in [0.1, 0.15) is 0 Å². The van der Waals surface area contributed by atoms with Gasteiger partial charge in [-0.15, -0.1) is 0 Å². The minimum atomic E-state index is -0.604. The van der Waals surface area contributed by atoms with Crippen LogP contribution in [-0.4, -0.2) is 36.1 Å². The van der Waals surface area contributed by atoms with Gasteiger partial charge in [0.2, 0.25) is 0 Å². The highest BCUT2D eigenvalue weighted by Crippen LogP contribution is 2.20. The molecule has 0 amide bonds. The third-order valence-electron chi connectivity index (χ3n) is 4.55. The molecular formula is C21H24FN3O. The van der Waals surface area contributed by atoms with Crippen molar-refractivity contribution in [3.8, 4) is 5.75 Å². The molecule has 26 heavy (non-hydrogen) atoms. The first-order valence-corrected chi connectivity index (χ1v) is 8.83. The Balaban J connectivity index is 1.55. The van der Waals surface area contributed by atoms with E-state index in [0.717, 1.165) is 37.5 Å². The SMILES string of the molecule is CN=C(NCc1ccc(O)c(F)c1)N1CCC(=Cc2ccccc2)CC1. The Morgan fingerprint density at radius 2 is 1.92 bits per heavy atom. The van der Waals surface area contributed by atoms with E-state index in [1.54, 1.807) is 13.1 Å². The zero-order valence-electron chi connectivity index (χ0n) is 15.0. The Morgan fingerprint density at radius 3 is 2.58 bits per heavy atom. The Labute approximate surface area is 153 Å². The van der Waals surface area contributed by atoms with Crippen LogP contribution in [0.5, 0.6) is 5.75 Å². The molecule has 0 atom stereocenters. The van der Waals surface area contributed by atoms with Gasteiger partial charge in [0.25, 0.3) is 0 Å². The molecule has 2 aromatic carbocycles. The van der Waals surface area contributed by atoms with Gasteiger partial charge in [0.05, 0.1) is 0 Å². The summed E-state index contributed by atoms with van der Waals surface area (Å²) in [6, 6.07) is 14.8. The minimum Gasteiger partial charge on any atom is -0.505 e. The number of hydrogen-bond acceptors (Lipinski definition) is 2. The number of nitrogens with one attached hydrogen (secondary N) is 1. The fourth-order valence-corrected chi connectivity index (χ4v) is 3.11. The number of phenols is 1. The standard InChI is InChI=1S/C21H24FN3O/c1-23-21(24-15-18-7-8-20(26)19(22)14-18)25-11-9-17(10-12-25)13-16-5-3-2-4-6-16/h2-8,13-14,26H,9-12,15H2,1H3,(H,23,24). The normalized spacial score (nSPS) is 15.1. The number of piperidine rings is 1. The van der Waals surface area contributed by atoms with Crippen LogP contribution in [-0.2, 0) is 6.54 Å². The van der Waals surface area contributed by atoms with Crippen molar-refractivity contribution >= 4 is 12.0 Å². The molecule has 0 radical (unpaired) electrons. The Morgan fingerprint density at radius 1 is 1.19 bits per heavy atom. The summed E-state index contributed by atoms with van der Waals surface area (Å²) in [5.41, 5.74) is 3.46. The van der Waals surface area contributed by atoms with Crippen LogP contribution >= 0.6 is 0 Å². The van der Waals surface area contributed by atoms with Crippen LogP contribution < -0.4 is 5.32 Å². The van der Waals surface area contributed by atoms with Gasteiger partial charge in [0.15, 0.2) is 17.5 Å². The number of rotatable bonds is 3. The van der Waals surface area contributed by atoms with E-state index in [4.69, 9.17) is 0 Å². The fraction of sp³-hybridized carbons (Fsp3) is 0.286. The van der Waals surface area contributed by atoms with Crippen LogP contribution in [0, 0.1) is 5.82 Å². The summed E-state index contributed by atoms with van der Waals surface area (Å²) in [6.45, 7) is 2.28. The van der Waals surface area contributed by atoms with Gasteiger partial charge in [-0.2, -0.15) is 0 Å². The average molecular weight is 353 g/mol. The number of benzene rings is 2. The van der Waals surface area contributed by atoms with Crippen LogP contribution in [0.1, 0.15) is 24.0 Å². The molecule has 0 saturated carbocycles. The molecule has 0 unspecified atom stereocenters. The highest BCUT2D eigenvalue weighted by Gasteiger charge is 2.17. The lowest BCUT2D eigenvalue weighted by atomic mass is 10.0. The molecule has 5 heteroatoms. The molecule has 1 fully saturated rings. The number of phenolic OH excluding ortho intramolecular Hbond substituents is 1. The zero-order valence-corrected chi connectivity index (χ0v) is 15.0. The van der Waals surface area contributed by atoms with Crippen molar-refractivity contribution in [2.75, 3.05) is 20.1 Å². The second kappa shape index (κ2) is 8.52. The molecule has 0 aromatic heterocycles. The molecule has 136 valence electrons. The summed E-state index contributed by atoms with van der Waals surface area (Å²) < 4.78 is 13.4. The first-order chi connectivity index (χ1) is 12.7.